The number of hydrogen-bond donors (Lipinski definition) is 12. The topological polar surface area (TPSA) is 352 Å². The summed E-state index contributed by atoms with van der Waals surface area (Å²) in [6.45, 7) is 4.58. The molecule has 0 radical (unpaired) electrons. The van der Waals surface area contributed by atoms with E-state index in [1.807, 2.05) is 0 Å². The standard InChI is InChI=1S/C48H76O23/c1-19-40(71-44-38(59)35(56)32(53)28(70-44)18-65-43-37(58)34(55)31(52)27(69-43)17-64-42-36(57)33(54)30(51)26(15-49)68-42)41(62-4)39(60)45(66-19)67-22-7-10-46(2)21(14-22)5-6-25-24(46)8-11-47(3)23(9-12-48(25,47)61)20-13-29(50)63-16-20/h13,19,21-28,30-45,49,51-61H,5-12,14-18H2,1-4H3/t19-,21-,22+,23-,24+,25-,26-,27-,28-,30-,31-,32-,33+,34+,35+,36-,37-,38-,39-,40+,41-,42-,43-,44+,45+,46+,47-,48+/m1/s1. The number of carbonyl (C=O) groups excluding carboxylic acids is 1. The Hall–Kier alpha value is -1.63. The van der Waals surface area contributed by atoms with E-state index in [4.69, 9.17) is 47.4 Å². The summed E-state index contributed by atoms with van der Waals surface area (Å²) in [5, 5.41) is 129. The summed E-state index contributed by atoms with van der Waals surface area (Å²) in [4.78, 5) is 12.0. The van der Waals surface area contributed by atoms with Crippen LogP contribution in [-0.2, 0) is 52.2 Å². The van der Waals surface area contributed by atoms with Crippen LogP contribution in [0.5, 0.6) is 0 Å². The van der Waals surface area contributed by atoms with Crippen LogP contribution in [0.3, 0.4) is 0 Å². The van der Waals surface area contributed by atoms with Crippen LogP contribution < -0.4 is 0 Å². The van der Waals surface area contributed by atoms with E-state index in [0.29, 0.717) is 31.3 Å². The van der Waals surface area contributed by atoms with Gasteiger partial charge in [0.25, 0.3) is 0 Å². The fraction of sp³-hybridized carbons (Fsp3) is 0.938. The van der Waals surface area contributed by atoms with Crippen molar-refractivity contribution in [2.45, 2.75) is 213 Å². The number of carbonyl (C=O) groups is 1. The van der Waals surface area contributed by atoms with Crippen LogP contribution in [0.15, 0.2) is 11.6 Å². The summed E-state index contributed by atoms with van der Waals surface area (Å²) < 4.78 is 58.1. The Balaban J connectivity index is 0.785. The Kier molecular flexibility index (Phi) is 16.1. The number of cyclic esters (lactones) is 1. The molecule has 0 amide bonds. The Morgan fingerprint density at radius 2 is 1.20 bits per heavy atom. The molecular weight excluding hydrogens is 945 g/mol. The normalized spacial score (nSPS) is 54.4. The smallest absolute Gasteiger partial charge is 0.331 e. The van der Waals surface area contributed by atoms with Crippen LogP contribution >= 0.6 is 0 Å². The van der Waals surface area contributed by atoms with E-state index in [0.717, 1.165) is 50.5 Å². The molecule has 5 heterocycles. The van der Waals surface area contributed by atoms with E-state index in [2.05, 4.69) is 13.8 Å². The number of aliphatic hydroxyl groups is 12. The van der Waals surface area contributed by atoms with Gasteiger partial charge in [-0.3, -0.25) is 0 Å². The fourth-order valence-electron chi connectivity index (χ4n) is 14.3. The molecule has 0 bridgehead atoms. The molecular formula is C48H76O23. The van der Waals surface area contributed by atoms with Gasteiger partial charge in [-0.05, 0) is 99.4 Å². The number of aliphatic hydroxyl groups excluding tert-OH is 11. The van der Waals surface area contributed by atoms with Crippen molar-refractivity contribution < 1.29 is 113 Å². The summed E-state index contributed by atoms with van der Waals surface area (Å²) in [6, 6.07) is 0. The second kappa shape index (κ2) is 21.1. The molecule has 0 aromatic carbocycles. The molecule has 0 unspecified atom stereocenters. The Morgan fingerprint density at radius 3 is 1.79 bits per heavy atom. The number of methoxy groups -OCH3 is 1. The van der Waals surface area contributed by atoms with Crippen molar-refractivity contribution in [2.24, 2.45) is 34.5 Å². The second-order valence-corrected chi connectivity index (χ2v) is 22.2. The summed E-state index contributed by atoms with van der Waals surface area (Å²) >= 11 is 0. The molecule has 0 aromatic heterocycles. The number of rotatable bonds is 13. The van der Waals surface area contributed by atoms with E-state index < -0.39 is 148 Å². The van der Waals surface area contributed by atoms with Crippen LogP contribution in [0, 0.1) is 34.5 Å². The SMILES string of the molecule is CO[C@@H]1[C@@H](O)[C@H](O[C@H]2CC[C@@]3(C)[C@H](CC[C@@H]4[C@@H]3CC[C@]3(C)[C@@H](C5=CC(=O)OC5)CC[C@]43O)C2)O[C@H](C)[C@@H]1O[C@@H]1O[C@H](CO[C@@H]2O[C@H](CO[C@@H]3O[C@H](CO)[C@@H](O)[C@H](O)[C@H]3O)[C@@H](O)[C@H](O)[C@H]2O)[C@@H](O)[C@H](O)[C@H]1O. The molecule has 406 valence electrons. The van der Waals surface area contributed by atoms with Crippen molar-refractivity contribution in [3.05, 3.63) is 11.6 Å². The van der Waals surface area contributed by atoms with Crippen LogP contribution in [-0.4, -0.2) is 235 Å². The largest absolute Gasteiger partial charge is 0.458 e. The summed E-state index contributed by atoms with van der Waals surface area (Å²) in [5.74, 6) is 0.603. The molecule has 5 aliphatic heterocycles. The maximum atomic E-state index is 12.6. The monoisotopic (exact) mass is 1020 g/mol. The Bertz CT molecular complexity index is 1880. The van der Waals surface area contributed by atoms with Crippen LogP contribution in [0.25, 0.3) is 0 Å². The molecule has 0 spiro atoms. The van der Waals surface area contributed by atoms with Crippen molar-refractivity contribution in [3.63, 3.8) is 0 Å². The molecule has 23 nitrogen and oxygen atoms in total. The average Bonchev–Trinajstić information content (AvgIpc) is 3.90. The molecule has 28 atom stereocenters. The van der Waals surface area contributed by atoms with Gasteiger partial charge in [0, 0.05) is 18.6 Å². The lowest BCUT2D eigenvalue weighted by atomic mass is 9.43. The molecule has 4 saturated heterocycles. The number of hydrogen-bond acceptors (Lipinski definition) is 23. The number of fused-ring (bicyclic) bond motifs is 5. The highest BCUT2D eigenvalue weighted by Gasteiger charge is 2.68. The lowest BCUT2D eigenvalue weighted by Gasteiger charge is -2.64. The first-order valence-corrected chi connectivity index (χ1v) is 25.4. The lowest BCUT2D eigenvalue weighted by molar-refractivity contribution is -0.368. The maximum Gasteiger partial charge on any atom is 0.331 e. The molecule has 71 heavy (non-hydrogen) atoms. The van der Waals surface area contributed by atoms with Gasteiger partial charge >= 0.3 is 5.97 Å². The van der Waals surface area contributed by atoms with E-state index in [9.17, 15) is 66.1 Å². The number of ether oxygens (including phenoxy) is 10. The predicted molar refractivity (Wildman–Crippen MR) is 236 cm³/mol. The van der Waals surface area contributed by atoms with Crippen molar-refractivity contribution in [1.82, 2.24) is 0 Å². The van der Waals surface area contributed by atoms with Gasteiger partial charge in [-0.1, -0.05) is 13.8 Å². The molecule has 12 N–H and O–H groups in total. The molecule has 9 rings (SSSR count). The molecule has 0 aromatic rings. The van der Waals surface area contributed by atoms with Crippen molar-refractivity contribution in [3.8, 4) is 0 Å². The van der Waals surface area contributed by atoms with Crippen molar-refractivity contribution >= 4 is 5.97 Å². The zero-order valence-corrected chi connectivity index (χ0v) is 40.6. The van der Waals surface area contributed by atoms with Gasteiger partial charge in [0.05, 0.1) is 37.6 Å². The van der Waals surface area contributed by atoms with Crippen LogP contribution in [0.4, 0.5) is 0 Å². The van der Waals surface area contributed by atoms with Gasteiger partial charge < -0.3 is 109 Å². The fourth-order valence-corrected chi connectivity index (χ4v) is 14.3. The van der Waals surface area contributed by atoms with Crippen molar-refractivity contribution in [2.75, 3.05) is 33.5 Å². The first-order chi connectivity index (χ1) is 33.6. The highest BCUT2D eigenvalue weighted by molar-refractivity contribution is 5.85. The quantitative estimate of drug-likeness (QED) is 0.0631. The van der Waals surface area contributed by atoms with Gasteiger partial charge in [-0.25, -0.2) is 4.79 Å². The van der Waals surface area contributed by atoms with Crippen LogP contribution in [0.2, 0.25) is 0 Å². The first kappa shape index (κ1) is 54.2. The maximum absolute atomic E-state index is 12.6. The average molecular weight is 1020 g/mol. The third kappa shape index (κ3) is 9.57. The highest BCUT2D eigenvalue weighted by Crippen LogP contribution is 2.70. The third-order valence-electron chi connectivity index (χ3n) is 18.6. The molecule has 23 heteroatoms. The zero-order valence-electron chi connectivity index (χ0n) is 40.6. The Labute approximate surface area is 411 Å². The Morgan fingerprint density at radius 1 is 0.620 bits per heavy atom. The predicted octanol–water partition coefficient (Wildman–Crippen LogP) is -3.42. The summed E-state index contributed by atoms with van der Waals surface area (Å²) in [6.07, 6.45) is -21.9. The van der Waals surface area contributed by atoms with Gasteiger partial charge in [0.15, 0.2) is 25.2 Å². The summed E-state index contributed by atoms with van der Waals surface area (Å²) in [5.41, 5.74) is -0.182. The minimum atomic E-state index is -1.87. The minimum Gasteiger partial charge on any atom is -0.458 e. The molecule has 4 aliphatic carbocycles. The lowest BCUT2D eigenvalue weighted by Crippen LogP contribution is -2.65. The second-order valence-electron chi connectivity index (χ2n) is 22.2. The van der Waals surface area contributed by atoms with Gasteiger partial charge in [-0.15, -0.1) is 0 Å². The highest BCUT2D eigenvalue weighted by atomic mass is 16.8. The molecule has 4 saturated carbocycles. The van der Waals surface area contributed by atoms with Gasteiger partial charge in [0.2, 0.25) is 0 Å². The molecule has 8 fully saturated rings. The minimum absolute atomic E-state index is 0.0245. The molecule has 9 aliphatic rings. The van der Waals surface area contributed by atoms with E-state index in [1.54, 1.807) is 13.0 Å². The number of esters is 1. The van der Waals surface area contributed by atoms with Gasteiger partial charge in [0.1, 0.15) is 98.2 Å². The third-order valence-corrected chi connectivity index (χ3v) is 18.6. The van der Waals surface area contributed by atoms with Gasteiger partial charge in [-0.2, -0.15) is 0 Å². The van der Waals surface area contributed by atoms with E-state index in [1.165, 1.54) is 7.11 Å². The first-order valence-electron chi connectivity index (χ1n) is 25.4. The van der Waals surface area contributed by atoms with E-state index >= 15 is 0 Å². The van der Waals surface area contributed by atoms with Crippen LogP contribution in [0.1, 0.15) is 78.6 Å². The van der Waals surface area contributed by atoms with Crippen molar-refractivity contribution in [1.29, 1.82) is 0 Å². The zero-order chi connectivity index (χ0) is 51.1. The van der Waals surface area contributed by atoms with E-state index in [-0.39, 0.29) is 34.7 Å². The summed E-state index contributed by atoms with van der Waals surface area (Å²) in [7, 11) is 1.37.